The summed E-state index contributed by atoms with van der Waals surface area (Å²) in [6.45, 7) is 0.887. The second kappa shape index (κ2) is 3.21. The number of benzene rings is 1. The van der Waals surface area contributed by atoms with Crippen LogP contribution in [0, 0.1) is 5.92 Å². The Morgan fingerprint density at radius 3 is 3.10 bits per heavy atom. The summed E-state index contributed by atoms with van der Waals surface area (Å²) in [5.41, 5.74) is 2.24. The highest BCUT2D eigenvalue weighted by Gasteiger charge is 2.66. The molecule has 1 saturated heterocycles. The van der Waals surface area contributed by atoms with Gasteiger partial charge in [-0.3, -0.25) is 0 Å². The van der Waals surface area contributed by atoms with Crippen LogP contribution in [0.25, 0.3) is 0 Å². The lowest BCUT2D eigenvalue weighted by atomic mass is 9.59. The number of ether oxygens (including phenoxy) is 1. The summed E-state index contributed by atoms with van der Waals surface area (Å²) < 4.78 is 6.04. The Hall–Kier alpha value is -1.52. The maximum atomic E-state index is 10.4. The van der Waals surface area contributed by atoms with E-state index in [2.05, 4.69) is 18.0 Å². The van der Waals surface area contributed by atoms with E-state index < -0.39 is 6.10 Å². The van der Waals surface area contributed by atoms with Crippen LogP contribution in [0.3, 0.4) is 0 Å². The first kappa shape index (κ1) is 11.2. The van der Waals surface area contributed by atoms with Crippen molar-refractivity contribution < 1.29 is 16.4 Å². The summed E-state index contributed by atoms with van der Waals surface area (Å²) in [5.74, 6) is 1.18. The zero-order chi connectivity index (χ0) is 13.6. The molecule has 0 saturated carbocycles. The van der Waals surface area contributed by atoms with E-state index in [-0.39, 0.29) is 18.7 Å². The Bertz CT molecular complexity index is 661. The highest BCUT2D eigenvalue weighted by atomic mass is 16.5. The van der Waals surface area contributed by atoms with Gasteiger partial charge in [-0.15, -0.1) is 0 Å². The maximum absolute atomic E-state index is 10.4. The fourth-order valence-corrected chi connectivity index (χ4v) is 5.08. The number of phenolic OH excluding ortho intramolecular Hbond substituents is 1. The van der Waals surface area contributed by atoms with Gasteiger partial charge in [-0.05, 0) is 25.1 Å². The van der Waals surface area contributed by atoms with Crippen LogP contribution in [0.15, 0.2) is 24.3 Å². The lowest BCUT2D eigenvalue weighted by Crippen LogP contribution is -2.54. The van der Waals surface area contributed by atoms with E-state index in [1.807, 2.05) is 12.1 Å². The van der Waals surface area contributed by atoms with Crippen molar-refractivity contribution in [1.29, 1.82) is 0 Å². The van der Waals surface area contributed by atoms with Crippen molar-refractivity contribution >= 4 is 0 Å². The third-order valence-electron chi connectivity index (χ3n) is 5.78. The van der Waals surface area contributed by atoms with E-state index in [0.29, 0.717) is 17.7 Å². The van der Waals surface area contributed by atoms with Crippen molar-refractivity contribution in [2.75, 3.05) is 13.6 Å². The highest BCUT2D eigenvalue weighted by Crippen LogP contribution is 2.62. The van der Waals surface area contributed by atoms with Gasteiger partial charge in [0.15, 0.2) is 11.5 Å². The van der Waals surface area contributed by atoms with Crippen LogP contribution in [0.2, 0.25) is 0 Å². The molecule has 0 aromatic heterocycles. The quantitative estimate of drug-likeness (QED) is 0.695. The normalized spacial score (nSPS) is 43.5. The standard InChI is InChI=1S/C16H17NO3.H2/c1-17-7-16-9-3-5-12(19)15(16)20-14-11(18)4-2-8(13(14)16)6-10(9)17;/h2-5,9-10,12,15,18-19H,6-7H2,1H3;1H/t9?,10?,12?,15?,16-;/m0./s1/i;1+1. The minimum absolute atomic E-state index is 0. The summed E-state index contributed by atoms with van der Waals surface area (Å²) in [5, 5.41) is 20.5. The molecule has 106 valence electrons. The minimum atomic E-state index is -0.601. The van der Waals surface area contributed by atoms with Crippen LogP contribution in [0.1, 0.15) is 12.6 Å². The van der Waals surface area contributed by atoms with Gasteiger partial charge in [0.25, 0.3) is 0 Å². The van der Waals surface area contributed by atoms with Gasteiger partial charge in [0.2, 0.25) is 0 Å². The molecule has 2 heterocycles. The molecular weight excluding hydrogens is 254 g/mol. The molecule has 0 amide bonds. The molecule has 2 aliphatic carbocycles. The fraction of sp³-hybridized carbons (Fsp3) is 0.500. The predicted octanol–water partition coefficient (Wildman–Crippen LogP) is 1.05. The Kier molecular flexibility index (Phi) is 1.79. The van der Waals surface area contributed by atoms with Gasteiger partial charge in [-0.25, -0.2) is 0 Å². The summed E-state index contributed by atoms with van der Waals surface area (Å²) in [6.07, 6.45) is 4.15. The zero-order valence-corrected chi connectivity index (χ0v) is 11.3. The van der Waals surface area contributed by atoms with Crippen molar-refractivity contribution in [2.24, 2.45) is 5.92 Å². The van der Waals surface area contributed by atoms with Gasteiger partial charge in [0, 0.05) is 25.5 Å². The predicted molar refractivity (Wildman–Crippen MR) is 75.1 cm³/mol. The second-order valence-electron chi connectivity index (χ2n) is 6.61. The number of likely N-dealkylation sites (N-methyl/N-ethyl adjacent to an activating group) is 1. The van der Waals surface area contributed by atoms with Gasteiger partial charge in [0.05, 0.1) is 5.41 Å². The molecule has 4 heteroatoms. The van der Waals surface area contributed by atoms with Crippen LogP contribution in [0.5, 0.6) is 11.5 Å². The number of nitrogens with zero attached hydrogens (tertiary/aromatic N) is 1. The van der Waals surface area contributed by atoms with E-state index in [4.69, 9.17) is 4.74 Å². The number of likely N-dealkylation sites (tertiary alicyclic amines) is 1. The van der Waals surface area contributed by atoms with Crippen molar-refractivity contribution in [3.05, 3.63) is 35.4 Å². The molecule has 2 N–H and O–H groups in total. The number of phenols is 1. The first-order valence-electron chi connectivity index (χ1n) is 7.21. The first-order valence-corrected chi connectivity index (χ1v) is 7.21. The number of aromatic hydroxyl groups is 1. The molecule has 1 fully saturated rings. The molecule has 1 aromatic rings. The Labute approximate surface area is 118 Å². The smallest absolute Gasteiger partial charge is 0.165 e. The number of hydrogen-bond acceptors (Lipinski definition) is 4. The van der Waals surface area contributed by atoms with Gasteiger partial charge < -0.3 is 19.8 Å². The fourth-order valence-electron chi connectivity index (χ4n) is 5.08. The molecular formula is C16H19NO3. The van der Waals surface area contributed by atoms with Gasteiger partial charge >= 0.3 is 0 Å². The van der Waals surface area contributed by atoms with Gasteiger partial charge in [-0.1, -0.05) is 18.2 Å². The van der Waals surface area contributed by atoms with Crippen LogP contribution in [-0.2, 0) is 11.8 Å². The van der Waals surface area contributed by atoms with Crippen LogP contribution in [-0.4, -0.2) is 47.0 Å². The number of rotatable bonds is 0. The molecule has 4 aliphatic rings. The largest absolute Gasteiger partial charge is 0.504 e. The molecule has 2 aliphatic heterocycles. The lowest BCUT2D eigenvalue weighted by Gasteiger charge is -2.43. The number of aliphatic hydroxyl groups is 1. The van der Waals surface area contributed by atoms with E-state index in [0.717, 1.165) is 18.5 Å². The monoisotopic (exact) mass is 274 g/mol. The SMILES string of the molecule is CN1C[C@]23c4c5ccc(O)c4OC2C(O)C=CC3C1C5.[2HH]. The van der Waals surface area contributed by atoms with Crippen molar-refractivity contribution in [3.8, 4) is 11.5 Å². The van der Waals surface area contributed by atoms with E-state index in [9.17, 15) is 10.2 Å². The Balaban J connectivity index is 0.00000115. The molecule has 5 atom stereocenters. The topological polar surface area (TPSA) is 52.9 Å². The van der Waals surface area contributed by atoms with E-state index >= 15 is 0 Å². The van der Waals surface area contributed by atoms with Crippen molar-refractivity contribution in [2.45, 2.75) is 30.1 Å². The van der Waals surface area contributed by atoms with Gasteiger partial charge in [0.1, 0.15) is 12.2 Å². The van der Waals surface area contributed by atoms with Gasteiger partial charge in [-0.2, -0.15) is 0 Å². The third kappa shape index (κ3) is 0.980. The van der Waals surface area contributed by atoms with Crippen LogP contribution < -0.4 is 4.74 Å². The second-order valence-corrected chi connectivity index (χ2v) is 6.61. The number of hydrogen-bond donors (Lipinski definition) is 2. The van der Waals surface area contributed by atoms with Crippen LogP contribution >= 0.6 is 0 Å². The van der Waals surface area contributed by atoms with E-state index in [1.54, 1.807) is 6.07 Å². The first-order chi connectivity index (χ1) is 9.63. The molecule has 0 radical (unpaired) electrons. The number of aliphatic hydroxyl groups excluding tert-OH is 1. The third-order valence-corrected chi connectivity index (χ3v) is 5.78. The Morgan fingerprint density at radius 1 is 1.40 bits per heavy atom. The average Bonchev–Trinajstić information content (AvgIpc) is 2.87. The summed E-state index contributed by atoms with van der Waals surface area (Å²) in [7, 11) is 2.15. The Morgan fingerprint density at radius 2 is 2.25 bits per heavy atom. The molecule has 20 heavy (non-hydrogen) atoms. The molecule has 4 unspecified atom stereocenters. The summed E-state index contributed by atoms with van der Waals surface area (Å²) in [6, 6.07) is 4.21. The molecule has 1 aromatic carbocycles. The zero-order valence-electron chi connectivity index (χ0n) is 11.3. The summed E-state index contributed by atoms with van der Waals surface area (Å²) in [4.78, 5) is 2.38. The average molecular weight is 274 g/mol. The minimum Gasteiger partial charge on any atom is -0.504 e. The molecule has 4 nitrogen and oxygen atoms in total. The summed E-state index contributed by atoms with van der Waals surface area (Å²) >= 11 is 0. The van der Waals surface area contributed by atoms with Crippen molar-refractivity contribution in [3.63, 3.8) is 0 Å². The maximum Gasteiger partial charge on any atom is 0.165 e. The molecule has 1 spiro atoms. The highest BCUT2D eigenvalue weighted by molar-refractivity contribution is 5.62. The molecule has 5 rings (SSSR count). The lowest BCUT2D eigenvalue weighted by molar-refractivity contribution is 0.0160. The molecule has 2 bridgehead atoms. The van der Waals surface area contributed by atoms with Crippen LogP contribution in [0.4, 0.5) is 0 Å². The van der Waals surface area contributed by atoms with E-state index in [1.165, 1.54) is 5.56 Å². The van der Waals surface area contributed by atoms with Crippen molar-refractivity contribution in [1.82, 2.24) is 4.90 Å².